The first-order valence-corrected chi connectivity index (χ1v) is 5.32. The average molecular weight is 216 g/mol. The molecule has 0 amide bonds. The Bertz CT molecular complexity index is 565. The van der Waals surface area contributed by atoms with Gasteiger partial charge in [0.05, 0.1) is 6.20 Å². The molecule has 3 rings (SSSR count). The number of nitrogens with two attached hydrogens (primary N) is 1. The van der Waals surface area contributed by atoms with E-state index in [4.69, 9.17) is 5.73 Å². The maximum Gasteiger partial charge on any atom is 0.214 e. The second kappa shape index (κ2) is 3.06. The normalized spacial score (nSPS) is 10.9. The lowest BCUT2D eigenvalue weighted by atomic mass is 10.2. The van der Waals surface area contributed by atoms with Crippen LogP contribution in [0.25, 0.3) is 15.5 Å². The molecule has 74 valence electrons. The molecular weight excluding hydrogens is 208 g/mol. The molecular formula is C10H8N4S. The smallest absolute Gasteiger partial charge is 0.214 e. The van der Waals surface area contributed by atoms with E-state index in [2.05, 4.69) is 10.1 Å². The molecule has 0 aliphatic carbocycles. The standard InChI is InChI=1S/C10H8N4S/c11-8-6-14-10(12-8)15-9(13-14)7-4-2-1-3-5-7/h1-6H,11H2. The van der Waals surface area contributed by atoms with Crippen molar-refractivity contribution in [2.45, 2.75) is 0 Å². The number of anilines is 1. The quantitative estimate of drug-likeness (QED) is 0.677. The van der Waals surface area contributed by atoms with Crippen molar-refractivity contribution in [1.82, 2.24) is 14.6 Å². The topological polar surface area (TPSA) is 56.2 Å². The van der Waals surface area contributed by atoms with Crippen LogP contribution in [0, 0.1) is 0 Å². The Morgan fingerprint density at radius 1 is 1.20 bits per heavy atom. The number of nitrogen functional groups attached to an aromatic ring is 1. The summed E-state index contributed by atoms with van der Waals surface area (Å²) in [4.78, 5) is 4.98. The minimum Gasteiger partial charge on any atom is -0.382 e. The molecule has 2 heterocycles. The van der Waals surface area contributed by atoms with Gasteiger partial charge in [0.15, 0.2) is 0 Å². The first-order valence-electron chi connectivity index (χ1n) is 4.50. The predicted octanol–water partition coefficient (Wildman–Crippen LogP) is 2.04. The summed E-state index contributed by atoms with van der Waals surface area (Å²) in [6.07, 6.45) is 1.72. The van der Waals surface area contributed by atoms with Crippen LogP contribution in [0.1, 0.15) is 0 Å². The fourth-order valence-electron chi connectivity index (χ4n) is 1.41. The Labute approximate surface area is 90.0 Å². The van der Waals surface area contributed by atoms with Crippen LogP contribution in [0.5, 0.6) is 0 Å². The highest BCUT2D eigenvalue weighted by Crippen LogP contribution is 2.25. The number of imidazole rings is 1. The van der Waals surface area contributed by atoms with Crippen LogP contribution in [-0.4, -0.2) is 14.6 Å². The average Bonchev–Trinajstić information content (AvgIpc) is 2.76. The zero-order valence-electron chi connectivity index (χ0n) is 7.79. The molecule has 0 bridgehead atoms. The lowest BCUT2D eigenvalue weighted by Gasteiger charge is -1.91. The number of hydrogen-bond donors (Lipinski definition) is 1. The van der Waals surface area contributed by atoms with Crippen molar-refractivity contribution in [1.29, 1.82) is 0 Å². The van der Waals surface area contributed by atoms with E-state index in [0.717, 1.165) is 15.5 Å². The predicted molar refractivity (Wildman–Crippen MR) is 60.7 cm³/mol. The maximum atomic E-state index is 5.56. The molecule has 0 saturated carbocycles. The lowest BCUT2D eigenvalue weighted by Crippen LogP contribution is -1.84. The molecule has 3 aromatic rings. The number of nitrogens with zero attached hydrogens (tertiary/aromatic N) is 3. The Morgan fingerprint density at radius 3 is 2.73 bits per heavy atom. The monoisotopic (exact) mass is 216 g/mol. The van der Waals surface area contributed by atoms with Gasteiger partial charge in [-0.25, -0.2) is 9.50 Å². The van der Waals surface area contributed by atoms with Gasteiger partial charge in [-0.3, -0.25) is 0 Å². The van der Waals surface area contributed by atoms with Gasteiger partial charge in [-0.15, -0.1) is 0 Å². The minimum absolute atomic E-state index is 0.508. The van der Waals surface area contributed by atoms with Crippen molar-refractivity contribution in [2.75, 3.05) is 5.73 Å². The Kier molecular flexibility index (Phi) is 1.72. The number of fused-ring (bicyclic) bond motifs is 1. The van der Waals surface area contributed by atoms with Gasteiger partial charge in [0.2, 0.25) is 4.96 Å². The van der Waals surface area contributed by atoms with Gasteiger partial charge in [-0.1, -0.05) is 41.7 Å². The first kappa shape index (κ1) is 8.43. The zero-order valence-corrected chi connectivity index (χ0v) is 8.61. The van der Waals surface area contributed by atoms with Crippen molar-refractivity contribution in [2.24, 2.45) is 0 Å². The van der Waals surface area contributed by atoms with Gasteiger partial charge in [0.1, 0.15) is 10.8 Å². The second-order valence-corrected chi connectivity index (χ2v) is 4.12. The summed E-state index contributed by atoms with van der Waals surface area (Å²) >= 11 is 1.53. The number of hydrogen-bond acceptors (Lipinski definition) is 4. The van der Waals surface area contributed by atoms with E-state index in [1.165, 1.54) is 11.3 Å². The van der Waals surface area contributed by atoms with E-state index >= 15 is 0 Å². The van der Waals surface area contributed by atoms with E-state index < -0.39 is 0 Å². The molecule has 0 saturated heterocycles. The summed E-state index contributed by atoms with van der Waals surface area (Å²) in [5, 5.41) is 5.35. The third-order valence-electron chi connectivity index (χ3n) is 2.08. The Balaban J connectivity index is 2.16. The lowest BCUT2D eigenvalue weighted by molar-refractivity contribution is 0.979. The maximum absolute atomic E-state index is 5.56. The molecule has 0 fully saturated rings. The number of benzene rings is 1. The number of rotatable bonds is 1. The van der Waals surface area contributed by atoms with E-state index in [1.54, 1.807) is 10.7 Å². The molecule has 1 aromatic carbocycles. The summed E-state index contributed by atoms with van der Waals surface area (Å²) in [7, 11) is 0. The Hall–Kier alpha value is -1.88. The van der Waals surface area contributed by atoms with Crippen molar-refractivity contribution in [3.8, 4) is 10.6 Å². The van der Waals surface area contributed by atoms with Crippen LogP contribution < -0.4 is 5.73 Å². The molecule has 2 N–H and O–H groups in total. The highest BCUT2D eigenvalue weighted by Gasteiger charge is 2.07. The van der Waals surface area contributed by atoms with Crippen molar-refractivity contribution < 1.29 is 0 Å². The molecule has 0 radical (unpaired) electrons. The molecule has 0 aliphatic heterocycles. The van der Waals surface area contributed by atoms with Crippen LogP contribution in [0.4, 0.5) is 5.82 Å². The van der Waals surface area contributed by atoms with Crippen LogP contribution in [-0.2, 0) is 0 Å². The molecule has 0 atom stereocenters. The molecule has 0 spiro atoms. The highest BCUT2D eigenvalue weighted by atomic mass is 32.1. The molecule has 4 nitrogen and oxygen atoms in total. The van der Waals surface area contributed by atoms with Gasteiger partial charge in [0, 0.05) is 5.56 Å². The molecule has 15 heavy (non-hydrogen) atoms. The first-order chi connectivity index (χ1) is 7.33. The van der Waals surface area contributed by atoms with E-state index in [1.807, 2.05) is 30.3 Å². The molecule has 5 heteroatoms. The van der Waals surface area contributed by atoms with Crippen molar-refractivity contribution in [3.63, 3.8) is 0 Å². The largest absolute Gasteiger partial charge is 0.382 e. The van der Waals surface area contributed by atoms with E-state index in [9.17, 15) is 0 Å². The fourth-order valence-corrected chi connectivity index (χ4v) is 2.31. The minimum atomic E-state index is 0.508. The fraction of sp³-hybridized carbons (Fsp3) is 0. The summed E-state index contributed by atoms with van der Waals surface area (Å²) in [6, 6.07) is 10.0. The summed E-state index contributed by atoms with van der Waals surface area (Å²) in [6.45, 7) is 0. The molecule has 2 aromatic heterocycles. The zero-order chi connectivity index (χ0) is 10.3. The van der Waals surface area contributed by atoms with Crippen LogP contribution in [0.2, 0.25) is 0 Å². The van der Waals surface area contributed by atoms with Crippen molar-refractivity contribution >= 4 is 22.1 Å². The van der Waals surface area contributed by atoms with Crippen LogP contribution in [0.3, 0.4) is 0 Å². The van der Waals surface area contributed by atoms with Gasteiger partial charge in [-0.2, -0.15) is 5.10 Å². The van der Waals surface area contributed by atoms with E-state index in [0.29, 0.717) is 5.82 Å². The van der Waals surface area contributed by atoms with Crippen LogP contribution >= 0.6 is 11.3 Å². The summed E-state index contributed by atoms with van der Waals surface area (Å²) in [5.74, 6) is 0.508. The summed E-state index contributed by atoms with van der Waals surface area (Å²) < 4.78 is 1.71. The SMILES string of the molecule is Nc1cn2nc(-c3ccccc3)sc2n1. The van der Waals surface area contributed by atoms with Gasteiger partial charge in [-0.05, 0) is 0 Å². The van der Waals surface area contributed by atoms with Gasteiger partial charge < -0.3 is 5.73 Å². The number of aromatic nitrogens is 3. The third-order valence-corrected chi connectivity index (χ3v) is 3.05. The highest BCUT2D eigenvalue weighted by molar-refractivity contribution is 7.19. The van der Waals surface area contributed by atoms with Gasteiger partial charge >= 0.3 is 0 Å². The van der Waals surface area contributed by atoms with Crippen molar-refractivity contribution in [3.05, 3.63) is 36.5 Å². The van der Waals surface area contributed by atoms with E-state index in [-0.39, 0.29) is 0 Å². The van der Waals surface area contributed by atoms with Gasteiger partial charge in [0.25, 0.3) is 0 Å². The third kappa shape index (κ3) is 1.37. The second-order valence-electron chi connectivity index (χ2n) is 3.17. The molecule has 0 aliphatic rings. The summed E-state index contributed by atoms with van der Waals surface area (Å²) in [5.41, 5.74) is 6.66. The Morgan fingerprint density at radius 2 is 2.00 bits per heavy atom. The van der Waals surface area contributed by atoms with Crippen LogP contribution in [0.15, 0.2) is 36.5 Å². The molecule has 0 unspecified atom stereocenters.